The molecule has 0 rings (SSSR count). The Balaban J connectivity index is 4.49. The monoisotopic (exact) mass is 965 g/mol. The van der Waals surface area contributed by atoms with Crippen LogP contribution in [0, 0.1) is 0 Å². The maximum absolute atomic E-state index is 12.8. The zero-order chi connectivity index (χ0) is 50.6. The highest BCUT2D eigenvalue weighted by atomic mass is 16.6. The Morgan fingerprint density at radius 2 is 0.671 bits per heavy atom. The molecule has 0 aromatic rings. The van der Waals surface area contributed by atoms with Gasteiger partial charge >= 0.3 is 11.9 Å². The number of rotatable bonds is 50. The summed E-state index contributed by atoms with van der Waals surface area (Å²) < 4.78 is 17.4. The Bertz CT molecular complexity index is 1510. The van der Waals surface area contributed by atoms with Gasteiger partial charge in [-0.25, -0.2) is 0 Å². The molecule has 0 aliphatic heterocycles. The molecule has 0 aliphatic carbocycles. The normalized spacial score (nSPS) is 13.4. The van der Waals surface area contributed by atoms with Gasteiger partial charge in [0, 0.05) is 19.4 Å². The second kappa shape index (κ2) is 59.1. The summed E-state index contributed by atoms with van der Waals surface area (Å²) in [6.07, 6.45) is 85.9. The van der Waals surface area contributed by atoms with Gasteiger partial charge in [0.15, 0.2) is 6.10 Å². The molecular weight excluding hydrogens is 861 g/mol. The van der Waals surface area contributed by atoms with Crippen LogP contribution in [0.5, 0.6) is 0 Å². The lowest BCUT2D eigenvalue weighted by molar-refractivity contribution is -0.162. The van der Waals surface area contributed by atoms with Crippen LogP contribution in [-0.4, -0.2) is 37.9 Å². The maximum Gasteiger partial charge on any atom is 0.306 e. The van der Waals surface area contributed by atoms with Crippen molar-refractivity contribution in [1.29, 1.82) is 0 Å². The standard InChI is InChI=1S/C65H104O5/c1-4-7-10-13-16-19-22-25-28-30-32-34-36-39-42-45-48-51-54-57-60-68-61-63(70-65(67)59-56-53-50-47-44-41-37-27-24-21-18-15-12-9-6-3)62-69-64(66)58-55-52-49-46-43-40-38-35-33-31-29-26-23-20-17-14-11-8-5-2/h7-8,10-11,16-17,19-20,25-29,32-35,37,39-40,42-43,49,52,63H,4-6,9,12-15,18,21-24,30-31,36,38,41,44-48,50-51,53-62H2,1-3H3/b10-7-,11-8-,19-16-,20-17-,28-25-,29-26-,34-32-,35-33-,37-27-,42-39-,43-40-,52-49-. The predicted octanol–water partition coefficient (Wildman–Crippen LogP) is 19.7. The molecule has 0 radical (unpaired) electrons. The van der Waals surface area contributed by atoms with Gasteiger partial charge in [-0.15, -0.1) is 0 Å². The van der Waals surface area contributed by atoms with Gasteiger partial charge in [0.1, 0.15) is 6.61 Å². The van der Waals surface area contributed by atoms with Crippen LogP contribution in [0.25, 0.3) is 0 Å². The van der Waals surface area contributed by atoms with Crippen molar-refractivity contribution < 1.29 is 23.8 Å². The molecule has 0 fully saturated rings. The Morgan fingerprint density at radius 1 is 0.329 bits per heavy atom. The fraction of sp³-hybridized carbons (Fsp3) is 0.600. The largest absolute Gasteiger partial charge is 0.462 e. The van der Waals surface area contributed by atoms with E-state index >= 15 is 0 Å². The fourth-order valence-corrected chi connectivity index (χ4v) is 7.20. The van der Waals surface area contributed by atoms with E-state index in [0.29, 0.717) is 19.4 Å². The van der Waals surface area contributed by atoms with Crippen LogP contribution in [0.15, 0.2) is 146 Å². The van der Waals surface area contributed by atoms with Crippen LogP contribution < -0.4 is 0 Å². The van der Waals surface area contributed by atoms with Crippen molar-refractivity contribution in [3.63, 3.8) is 0 Å². The minimum absolute atomic E-state index is 0.0218. The molecule has 0 aromatic carbocycles. The molecule has 394 valence electrons. The Kier molecular flexibility index (Phi) is 55.5. The molecule has 0 aliphatic rings. The maximum atomic E-state index is 12.8. The summed E-state index contributed by atoms with van der Waals surface area (Å²) in [5.41, 5.74) is 0. The van der Waals surface area contributed by atoms with Gasteiger partial charge in [-0.2, -0.15) is 0 Å². The zero-order valence-electron chi connectivity index (χ0n) is 45.2. The summed E-state index contributed by atoms with van der Waals surface area (Å²) in [5, 5.41) is 0. The number of carbonyl (C=O) groups excluding carboxylic acids is 2. The Hall–Kier alpha value is -4.22. The van der Waals surface area contributed by atoms with Crippen molar-refractivity contribution in [2.24, 2.45) is 0 Å². The van der Waals surface area contributed by atoms with E-state index in [4.69, 9.17) is 14.2 Å². The first-order valence-corrected chi connectivity index (χ1v) is 28.4. The van der Waals surface area contributed by atoms with E-state index < -0.39 is 6.10 Å². The van der Waals surface area contributed by atoms with E-state index in [9.17, 15) is 9.59 Å². The van der Waals surface area contributed by atoms with Crippen molar-refractivity contribution >= 4 is 11.9 Å². The highest BCUT2D eigenvalue weighted by Gasteiger charge is 2.17. The molecular formula is C65H104O5. The van der Waals surface area contributed by atoms with Gasteiger partial charge in [-0.05, 0) is 128 Å². The van der Waals surface area contributed by atoms with Crippen molar-refractivity contribution in [1.82, 2.24) is 0 Å². The lowest BCUT2D eigenvalue weighted by atomic mass is 10.1. The smallest absolute Gasteiger partial charge is 0.306 e. The molecule has 0 bridgehead atoms. The average Bonchev–Trinajstić information content (AvgIpc) is 3.36. The van der Waals surface area contributed by atoms with E-state index in [0.717, 1.165) is 128 Å². The van der Waals surface area contributed by atoms with Crippen LogP contribution in [0.3, 0.4) is 0 Å². The number of unbranched alkanes of at least 4 members (excludes halogenated alkanes) is 15. The molecule has 1 atom stereocenters. The lowest BCUT2D eigenvalue weighted by Crippen LogP contribution is -2.30. The number of esters is 2. The highest BCUT2D eigenvalue weighted by Crippen LogP contribution is 2.12. The molecule has 1 unspecified atom stereocenters. The van der Waals surface area contributed by atoms with Crippen molar-refractivity contribution in [3.8, 4) is 0 Å². The van der Waals surface area contributed by atoms with Gasteiger partial charge in [-0.3, -0.25) is 9.59 Å². The van der Waals surface area contributed by atoms with Crippen LogP contribution in [0.4, 0.5) is 0 Å². The summed E-state index contributed by atoms with van der Waals surface area (Å²) in [4.78, 5) is 25.5. The van der Waals surface area contributed by atoms with Gasteiger partial charge < -0.3 is 14.2 Å². The van der Waals surface area contributed by atoms with E-state index in [1.807, 2.05) is 6.08 Å². The van der Waals surface area contributed by atoms with Gasteiger partial charge in [0.05, 0.1) is 6.61 Å². The number of hydrogen-bond acceptors (Lipinski definition) is 5. The number of allylic oxidation sites excluding steroid dienone is 24. The van der Waals surface area contributed by atoms with Gasteiger partial charge in [0.2, 0.25) is 0 Å². The minimum Gasteiger partial charge on any atom is -0.462 e. The molecule has 0 spiro atoms. The number of carbonyl (C=O) groups is 2. The topological polar surface area (TPSA) is 61.8 Å². The summed E-state index contributed by atoms with van der Waals surface area (Å²) in [6.45, 7) is 7.44. The summed E-state index contributed by atoms with van der Waals surface area (Å²) in [6, 6.07) is 0. The third-order valence-corrected chi connectivity index (χ3v) is 11.4. The van der Waals surface area contributed by atoms with Crippen molar-refractivity contribution in [2.75, 3.05) is 19.8 Å². The first-order chi connectivity index (χ1) is 34.6. The van der Waals surface area contributed by atoms with E-state index in [2.05, 4.69) is 161 Å². The molecule has 5 heteroatoms. The average molecular weight is 966 g/mol. The summed E-state index contributed by atoms with van der Waals surface area (Å²) >= 11 is 0. The van der Waals surface area contributed by atoms with E-state index in [1.165, 1.54) is 57.8 Å². The molecule has 0 saturated heterocycles. The van der Waals surface area contributed by atoms with Crippen molar-refractivity contribution in [2.45, 2.75) is 232 Å². The molecule has 0 aromatic heterocycles. The Labute approximate surface area is 431 Å². The molecule has 0 N–H and O–H groups in total. The van der Waals surface area contributed by atoms with Crippen LogP contribution in [0.2, 0.25) is 0 Å². The van der Waals surface area contributed by atoms with E-state index in [-0.39, 0.29) is 31.6 Å². The fourth-order valence-electron chi connectivity index (χ4n) is 7.20. The predicted molar refractivity (Wildman–Crippen MR) is 306 cm³/mol. The van der Waals surface area contributed by atoms with Crippen LogP contribution >= 0.6 is 0 Å². The first kappa shape index (κ1) is 65.8. The third-order valence-electron chi connectivity index (χ3n) is 11.4. The number of ether oxygens (including phenoxy) is 3. The SMILES string of the molecule is CC/C=C\C/C=C\C/C=C\C/C=C\C/C=C\C/C=C\CCC(=O)OCC(COCCCCCC/C=C\C/C=C\C/C=C\C/C=C\C/C=C\CC)OC(=O)CCCCCCC/C=C\CCCCCCCC. The second-order valence-corrected chi connectivity index (χ2v) is 18.1. The van der Waals surface area contributed by atoms with Crippen LogP contribution in [-0.2, 0) is 23.8 Å². The number of hydrogen-bond donors (Lipinski definition) is 0. The quantitative estimate of drug-likeness (QED) is 0.0345. The summed E-state index contributed by atoms with van der Waals surface area (Å²) in [5.74, 6) is -0.527. The third kappa shape index (κ3) is 56.4. The van der Waals surface area contributed by atoms with Gasteiger partial charge in [0.25, 0.3) is 0 Å². The molecule has 70 heavy (non-hydrogen) atoms. The molecule has 5 nitrogen and oxygen atoms in total. The van der Waals surface area contributed by atoms with E-state index in [1.54, 1.807) is 0 Å². The van der Waals surface area contributed by atoms with Crippen molar-refractivity contribution in [3.05, 3.63) is 146 Å². The minimum atomic E-state index is -0.596. The molecule has 0 saturated carbocycles. The molecule has 0 heterocycles. The highest BCUT2D eigenvalue weighted by molar-refractivity contribution is 5.70. The summed E-state index contributed by atoms with van der Waals surface area (Å²) in [7, 11) is 0. The zero-order valence-corrected chi connectivity index (χ0v) is 45.2. The van der Waals surface area contributed by atoms with Crippen LogP contribution in [0.1, 0.15) is 226 Å². The first-order valence-electron chi connectivity index (χ1n) is 28.4. The Morgan fingerprint density at radius 3 is 1.10 bits per heavy atom. The molecule has 0 amide bonds. The van der Waals surface area contributed by atoms with Gasteiger partial charge in [-0.1, -0.05) is 231 Å². The second-order valence-electron chi connectivity index (χ2n) is 18.1. The lowest BCUT2D eigenvalue weighted by Gasteiger charge is -2.18.